The predicted octanol–water partition coefficient (Wildman–Crippen LogP) is 4.95. The van der Waals surface area contributed by atoms with Crippen molar-refractivity contribution in [3.8, 4) is 5.75 Å². The monoisotopic (exact) mass is 390 g/mol. The number of nitrogens with one attached hydrogen (secondary N) is 1. The topological polar surface area (TPSA) is 67.9 Å². The van der Waals surface area contributed by atoms with Crippen molar-refractivity contribution >= 4 is 6.03 Å². The highest BCUT2D eigenvalue weighted by Gasteiger charge is 2.19. The first-order valence-electron chi connectivity index (χ1n) is 8.66. The van der Waals surface area contributed by atoms with Crippen molar-refractivity contribution in [2.45, 2.75) is 32.7 Å². The van der Waals surface area contributed by atoms with Crippen LogP contribution in [-0.4, -0.2) is 17.5 Å². The number of alkyl halides is 2. The van der Waals surface area contributed by atoms with Crippen molar-refractivity contribution < 1.29 is 27.1 Å². The summed E-state index contributed by atoms with van der Waals surface area (Å²) in [6, 6.07) is 12.6. The highest BCUT2D eigenvalue weighted by atomic mass is 19.3. The molecule has 28 heavy (non-hydrogen) atoms. The molecule has 0 fully saturated rings. The van der Waals surface area contributed by atoms with Gasteiger partial charge in [0.05, 0.1) is 31.7 Å². The molecule has 148 valence electrons. The SMILES string of the molecule is CC(NC(=O)N(Cc1ccco1)Cc1ccco1)c1ccc(OC(F)F)cc1. The number of carbonyl (C=O) groups is 1. The van der Waals surface area contributed by atoms with Gasteiger partial charge in [0, 0.05) is 0 Å². The van der Waals surface area contributed by atoms with Crippen molar-refractivity contribution in [3.63, 3.8) is 0 Å². The van der Waals surface area contributed by atoms with Gasteiger partial charge in [-0.15, -0.1) is 0 Å². The molecule has 3 aromatic rings. The second-order valence-corrected chi connectivity index (χ2v) is 6.13. The molecule has 0 aliphatic rings. The van der Waals surface area contributed by atoms with Gasteiger partial charge < -0.3 is 23.8 Å². The van der Waals surface area contributed by atoms with E-state index in [0.717, 1.165) is 5.56 Å². The van der Waals surface area contributed by atoms with Crippen LogP contribution in [0.5, 0.6) is 5.75 Å². The molecular weight excluding hydrogens is 370 g/mol. The van der Waals surface area contributed by atoms with Crippen LogP contribution in [0.2, 0.25) is 0 Å². The summed E-state index contributed by atoms with van der Waals surface area (Å²) in [7, 11) is 0. The van der Waals surface area contributed by atoms with Gasteiger partial charge in [0.15, 0.2) is 0 Å². The Bertz CT molecular complexity index is 813. The summed E-state index contributed by atoms with van der Waals surface area (Å²) in [5.41, 5.74) is 0.755. The lowest BCUT2D eigenvalue weighted by Gasteiger charge is -2.24. The van der Waals surface area contributed by atoms with E-state index >= 15 is 0 Å². The van der Waals surface area contributed by atoms with Crippen molar-refractivity contribution in [1.29, 1.82) is 0 Å². The first-order valence-corrected chi connectivity index (χ1v) is 8.66. The number of benzene rings is 1. The molecule has 1 N–H and O–H groups in total. The largest absolute Gasteiger partial charge is 0.467 e. The van der Waals surface area contributed by atoms with Crippen LogP contribution in [0.3, 0.4) is 0 Å². The number of furan rings is 2. The second-order valence-electron chi connectivity index (χ2n) is 6.13. The number of urea groups is 1. The van der Waals surface area contributed by atoms with E-state index in [1.54, 1.807) is 60.7 Å². The van der Waals surface area contributed by atoms with Crippen molar-refractivity contribution in [2.24, 2.45) is 0 Å². The normalized spacial score (nSPS) is 12.0. The molecule has 0 spiro atoms. The minimum absolute atomic E-state index is 0.0644. The Kier molecular flexibility index (Phi) is 6.31. The fourth-order valence-corrected chi connectivity index (χ4v) is 2.68. The molecule has 3 rings (SSSR count). The minimum Gasteiger partial charge on any atom is -0.467 e. The van der Waals surface area contributed by atoms with Crippen molar-refractivity contribution in [1.82, 2.24) is 10.2 Å². The average Bonchev–Trinajstić information content (AvgIpc) is 3.35. The van der Waals surface area contributed by atoms with E-state index in [1.807, 2.05) is 0 Å². The molecular formula is C20H20F2N2O4. The number of rotatable bonds is 8. The Balaban J connectivity index is 1.66. The van der Waals surface area contributed by atoms with Crippen molar-refractivity contribution in [2.75, 3.05) is 0 Å². The zero-order valence-electron chi connectivity index (χ0n) is 15.2. The van der Waals surface area contributed by atoms with E-state index in [0.29, 0.717) is 11.5 Å². The molecule has 8 heteroatoms. The van der Waals surface area contributed by atoms with Crippen LogP contribution in [0.25, 0.3) is 0 Å². The van der Waals surface area contributed by atoms with E-state index in [2.05, 4.69) is 10.1 Å². The number of carbonyl (C=O) groups excluding carboxylic acids is 1. The number of halogens is 2. The summed E-state index contributed by atoms with van der Waals surface area (Å²) < 4.78 is 39.5. The van der Waals surface area contributed by atoms with Gasteiger partial charge in [-0.05, 0) is 48.9 Å². The third-order valence-electron chi connectivity index (χ3n) is 4.09. The van der Waals surface area contributed by atoms with Gasteiger partial charge >= 0.3 is 12.6 Å². The highest BCUT2D eigenvalue weighted by molar-refractivity contribution is 5.74. The van der Waals surface area contributed by atoms with Gasteiger partial charge in [0.25, 0.3) is 0 Å². The Hall–Kier alpha value is -3.29. The molecule has 0 saturated carbocycles. The van der Waals surface area contributed by atoms with Gasteiger partial charge in [-0.2, -0.15) is 8.78 Å². The van der Waals surface area contributed by atoms with Crippen LogP contribution in [0.15, 0.2) is 69.9 Å². The van der Waals surface area contributed by atoms with Gasteiger partial charge in [-0.25, -0.2) is 4.79 Å². The zero-order chi connectivity index (χ0) is 19.9. The van der Waals surface area contributed by atoms with Gasteiger partial charge in [-0.1, -0.05) is 12.1 Å². The van der Waals surface area contributed by atoms with Gasteiger partial charge in [0.2, 0.25) is 0 Å². The molecule has 2 aromatic heterocycles. The average molecular weight is 390 g/mol. The molecule has 2 heterocycles. The first-order chi connectivity index (χ1) is 13.5. The van der Waals surface area contributed by atoms with E-state index in [1.165, 1.54) is 12.1 Å². The molecule has 0 aliphatic heterocycles. The smallest absolute Gasteiger partial charge is 0.387 e. The third kappa shape index (κ3) is 5.35. The summed E-state index contributed by atoms with van der Waals surface area (Å²) in [6.07, 6.45) is 3.09. The number of hydrogen-bond donors (Lipinski definition) is 1. The van der Waals surface area contributed by atoms with Gasteiger partial charge in [0.1, 0.15) is 17.3 Å². The number of nitrogens with zero attached hydrogens (tertiary/aromatic N) is 1. The van der Waals surface area contributed by atoms with Crippen LogP contribution >= 0.6 is 0 Å². The second kappa shape index (κ2) is 9.07. The summed E-state index contributed by atoms with van der Waals surface area (Å²) in [5, 5.41) is 2.90. The first kappa shape index (κ1) is 19.5. The molecule has 0 radical (unpaired) electrons. The Morgan fingerprint density at radius 1 is 1.04 bits per heavy atom. The van der Waals surface area contributed by atoms with Crippen LogP contribution in [-0.2, 0) is 13.1 Å². The van der Waals surface area contributed by atoms with Crippen LogP contribution < -0.4 is 10.1 Å². The van der Waals surface area contributed by atoms with Crippen LogP contribution in [0.1, 0.15) is 30.0 Å². The Labute approximate surface area is 160 Å². The maximum atomic E-state index is 12.8. The van der Waals surface area contributed by atoms with Crippen LogP contribution in [0.4, 0.5) is 13.6 Å². The quantitative estimate of drug-likeness (QED) is 0.591. The molecule has 1 unspecified atom stereocenters. The molecule has 0 bridgehead atoms. The minimum atomic E-state index is -2.88. The number of hydrogen-bond acceptors (Lipinski definition) is 4. The highest BCUT2D eigenvalue weighted by Crippen LogP contribution is 2.20. The van der Waals surface area contributed by atoms with Gasteiger partial charge in [-0.3, -0.25) is 0 Å². The Morgan fingerprint density at radius 2 is 1.61 bits per heavy atom. The lowest BCUT2D eigenvalue weighted by atomic mass is 10.1. The predicted molar refractivity (Wildman–Crippen MR) is 96.7 cm³/mol. The summed E-state index contributed by atoms with van der Waals surface area (Å²) in [6.45, 7) is -0.528. The molecule has 0 aliphatic carbocycles. The fourth-order valence-electron chi connectivity index (χ4n) is 2.68. The van der Waals surface area contributed by atoms with Crippen LogP contribution in [0, 0.1) is 0 Å². The Morgan fingerprint density at radius 3 is 2.07 bits per heavy atom. The van der Waals surface area contributed by atoms with Crippen molar-refractivity contribution in [3.05, 3.63) is 78.1 Å². The third-order valence-corrected chi connectivity index (χ3v) is 4.09. The fraction of sp³-hybridized carbons (Fsp3) is 0.250. The summed E-state index contributed by atoms with van der Waals surface area (Å²) in [5.74, 6) is 1.35. The van der Waals surface area contributed by atoms with E-state index in [4.69, 9.17) is 8.83 Å². The number of amides is 2. The summed E-state index contributed by atoms with van der Waals surface area (Å²) in [4.78, 5) is 14.4. The van der Waals surface area contributed by atoms with E-state index in [9.17, 15) is 13.6 Å². The standard InChI is InChI=1S/C20H20F2N2O4/c1-14(15-6-8-16(9-7-15)28-19(21)22)23-20(25)24(12-17-4-2-10-26-17)13-18-5-3-11-27-18/h2-11,14,19H,12-13H2,1H3,(H,23,25). The molecule has 1 aromatic carbocycles. The lowest BCUT2D eigenvalue weighted by Crippen LogP contribution is -2.40. The van der Waals surface area contributed by atoms with E-state index in [-0.39, 0.29) is 30.9 Å². The number of ether oxygens (including phenoxy) is 1. The maximum absolute atomic E-state index is 12.8. The lowest BCUT2D eigenvalue weighted by molar-refractivity contribution is -0.0498. The van der Waals surface area contributed by atoms with E-state index < -0.39 is 6.61 Å². The molecule has 0 saturated heterocycles. The molecule has 6 nitrogen and oxygen atoms in total. The maximum Gasteiger partial charge on any atom is 0.387 e. The molecule has 1 atom stereocenters. The summed E-state index contributed by atoms with van der Waals surface area (Å²) >= 11 is 0. The molecule has 2 amide bonds. The zero-order valence-corrected chi connectivity index (χ0v) is 15.2.